The van der Waals surface area contributed by atoms with Gasteiger partial charge in [0.1, 0.15) is 0 Å². The van der Waals surface area contributed by atoms with Crippen molar-refractivity contribution in [3.8, 4) is 0 Å². The van der Waals surface area contributed by atoms with E-state index >= 15 is 0 Å². The molecule has 5 heteroatoms. The predicted octanol–water partition coefficient (Wildman–Crippen LogP) is 5.65. The van der Waals surface area contributed by atoms with Crippen LogP contribution in [0.15, 0.2) is 73.2 Å². The van der Waals surface area contributed by atoms with E-state index in [0.717, 1.165) is 41.4 Å². The lowest BCUT2D eigenvalue weighted by atomic mass is 9.87. The Hall–Kier alpha value is -2.62. The molecule has 4 aromatic rings. The number of fused-ring (bicyclic) bond motifs is 2. The molecular weight excluding hydrogens is 403 g/mol. The summed E-state index contributed by atoms with van der Waals surface area (Å²) in [5, 5.41) is 2.21. The van der Waals surface area contributed by atoms with Crippen LogP contribution in [0.4, 0.5) is 0 Å². The molecule has 0 bridgehead atoms. The fourth-order valence-electron chi connectivity index (χ4n) is 4.22. The first kappa shape index (κ1) is 18.4. The zero-order chi connectivity index (χ0) is 20.0. The molecule has 1 atom stereocenters. The van der Waals surface area contributed by atoms with Gasteiger partial charge in [-0.25, -0.2) is 0 Å². The van der Waals surface area contributed by atoms with Gasteiger partial charge in [-0.05, 0) is 30.5 Å². The van der Waals surface area contributed by atoms with E-state index in [9.17, 15) is 4.79 Å². The van der Waals surface area contributed by atoms with Crippen molar-refractivity contribution in [3.05, 3.63) is 99.9 Å². The number of halogens is 2. The van der Waals surface area contributed by atoms with Gasteiger partial charge in [0.15, 0.2) is 24.7 Å². The molecular formula is C24H19Cl2N2O+. The first-order valence-electron chi connectivity index (χ1n) is 9.66. The van der Waals surface area contributed by atoms with Crippen molar-refractivity contribution in [2.45, 2.75) is 25.4 Å². The molecule has 1 unspecified atom stereocenters. The largest absolute Gasteiger partial charge is 0.335 e. The van der Waals surface area contributed by atoms with Crippen LogP contribution in [0.3, 0.4) is 0 Å². The maximum Gasteiger partial charge on any atom is 0.185 e. The molecule has 0 aliphatic heterocycles. The number of pyridine rings is 1. The summed E-state index contributed by atoms with van der Waals surface area (Å²) in [6.07, 6.45) is 7.59. The summed E-state index contributed by atoms with van der Waals surface area (Å²) in [6.45, 7) is 0.770. The Balaban J connectivity index is 1.52. The lowest BCUT2D eigenvalue weighted by Gasteiger charge is -2.25. The second-order valence-electron chi connectivity index (χ2n) is 7.51. The van der Waals surface area contributed by atoms with Crippen LogP contribution < -0.4 is 4.57 Å². The van der Waals surface area contributed by atoms with E-state index in [1.165, 1.54) is 5.56 Å². The van der Waals surface area contributed by atoms with Crippen LogP contribution in [0.2, 0.25) is 10.0 Å². The van der Waals surface area contributed by atoms with E-state index in [-0.39, 0.29) is 11.8 Å². The van der Waals surface area contributed by atoms with E-state index < -0.39 is 0 Å². The van der Waals surface area contributed by atoms with E-state index in [1.54, 1.807) is 6.07 Å². The van der Waals surface area contributed by atoms with E-state index in [2.05, 4.69) is 22.9 Å². The second kappa shape index (κ2) is 7.33. The van der Waals surface area contributed by atoms with Gasteiger partial charge in [-0.2, -0.15) is 4.57 Å². The smallest absolute Gasteiger partial charge is 0.185 e. The highest BCUT2D eigenvalue weighted by molar-refractivity contribution is 6.35. The van der Waals surface area contributed by atoms with Gasteiger partial charge in [-0.1, -0.05) is 59.6 Å². The first-order valence-corrected chi connectivity index (χ1v) is 10.4. The van der Waals surface area contributed by atoms with E-state index in [4.69, 9.17) is 23.2 Å². The van der Waals surface area contributed by atoms with Gasteiger partial charge in [0.05, 0.1) is 22.0 Å². The molecule has 0 spiro atoms. The minimum absolute atomic E-state index is 0.100. The highest BCUT2D eigenvalue weighted by Crippen LogP contribution is 2.35. The van der Waals surface area contributed by atoms with Crippen LogP contribution in [0.5, 0.6) is 0 Å². The minimum atomic E-state index is -0.263. The molecule has 0 saturated carbocycles. The molecule has 144 valence electrons. The quantitative estimate of drug-likeness (QED) is 0.392. The molecule has 5 rings (SSSR count). The number of rotatable bonds is 3. The van der Waals surface area contributed by atoms with Crippen LogP contribution in [0, 0.1) is 0 Å². The average molecular weight is 422 g/mol. The monoisotopic (exact) mass is 421 g/mol. The van der Waals surface area contributed by atoms with Crippen molar-refractivity contribution < 1.29 is 9.36 Å². The number of Topliss-reactive ketones (excluding diaryl/α,β-unsaturated/α-hetero) is 1. The standard InChI is InChI=1S/C24H19Cl2N2O/c25-18-8-6-17-7-9-23(24(29)19(17)12-18)28-15-21(26)20-14-27(11-10-22(20)28)13-16-4-2-1-3-5-16/h1-6,8,10-12,14-15,23H,7,9,13H2/q+1. The number of benzene rings is 2. The van der Waals surface area contributed by atoms with Crippen LogP contribution in [-0.2, 0) is 13.0 Å². The van der Waals surface area contributed by atoms with Crippen molar-refractivity contribution in [2.75, 3.05) is 0 Å². The highest BCUT2D eigenvalue weighted by Gasteiger charge is 2.30. The summed E-state index contributed by atoms with van der Waals surface area (Å²) in [5.41, 5.74) is 3.99. The lowest BCUT2D eigenvalue weighted by Crippen LogP contribution is -2.33. The fourth-order valence-corrected chi connectivity index (χ4v) is 4.64. The molecule has 0 radical (unpaired) electrons. The number of hydrogen-bond donors (Lipinski definition) is 0. The van der Waals surface area contributed by atoms with Gasteiger partial charge in [0.25, 0.3) is 0 Å². The molecule has 0 N–H and O–H groups in total. The first-order chi connectivity index (χ1) is 14.1. The lowest BCUT2D eigenvalue weighted by molar-refractivity contribution is -0.687. The van der Waals surface area contributed by atoms with Gasteiger partial charge >= 0.3 is 0 Å². The van der Waals surface area contributed by atoms with Gasteiger partial charge in [-0.15, -0.1) is 0 Å². The third-order valence-corrected chi connectivity index (χ3v) is 6.19. The number of aromatic nitrogens is 2. The maximum atomic E-state index is 13.2. The highest BCUT2D eigenvalue weighted by atomic mass is 35.5. The Bertz CT molecular complexity index is 1230. The summed E-state index contributed by atoms with van der Waals surface area (Å²) >= 11 is 12.7. The van der Waals surface area contributed by atoms with Gasteiger partial charge in [0, 0.05) is 28.4 Å². The molecule has 2 heterocycles. The summed E-state index contributed by atoms with van der Waals surface area (Å²) in [6, 6.07) is 17.7. The van der Waals surface area contributed by atoms with Gasteiger partial charge in [-0.3, -0.25) is 4.79 Å². The molecule has 0 amide bonds. The topological polar surface area (TPSA) is 25.9 Å². The number of nitrogens with zero attached hydrogens (tertiary/aromatic N) is 2. The zero-order valence-electron chi connectivity index (χ0n) is 15.7. The SMILES string of the molecule is O=C1c2cc(Cl)ccc2CCC1n1cc(Cl)c2c[n+](Cc3ccccc3)ccc21. The number of hydrogen-bond acceptors (Lipinski definition) is 1. The molecule has 2 aromatic carbocycles. The van der Waals surface area contributed by atoms with Crippen molar-refractivity contribution in [1.29, 1.82) is 0 Å². The molecule has 0 saturated heterocycles. The summed E-state index contributed by atoms with van der Waals surface area (Å²) in [5.74, 6) is 0.100. The van der Waals surface area contributed by atoms with Crippen LogP contribution >= 0.6 is 23.2 Å². The van der Waals surface area contributed by atoms with Crippen LogP contribution in [0.1, 0.15) is 33.9 Å². The second-order valence-corrected chi connectivity index (χ2v) is 8.35. The Morgan fingerprint density at radius 1 is 1.07 bits per heavy atom. The third-order valence-electron chi connectivity index (χ3n) is 5.65. The number of carbonyl (C=O) groups is 1. The van der Waals surface area contributed by atoms with Crippen molar-refractivity contribution in [2.24, 2.45) is 0 Å². The van der Waals surface area contributed by atoms with Crippen molar-refractivity contribution in [1.82, 2.24) is 4.57 Å². The Morgan fingerprint density at radius 2 is 1.90 bits per heavy atom. The Kier molecular flexibility index (Phi) is 4.65. The molecule has 1 aliphatic carbocycles. The van der Waals surface area contributed by atoms with Gasteiger partial charge < -0.3 is 4.57 Å². The number of ketones is 1. The maximum absolute atomic E-state index is 13.2. The van der Waals surface area contributed by atoms with Crippen LogP contribution in [0.25, 0.3) is 10.9 Å². The number of aryl methyl sites for hydroxylation is 1. The van der Waals surface area contributed by atoms with Crippen molar-refractivity contribution in [3.63, 3.8) is 0 Å². The van der Waals surface area contributed by atoms with Crippen molar-refractivity contribution >= 4 is 39.9 Å². The summed E-state index contributed by atoms with van der Waals surface area (Å²) < 4.78 is 4.14. The van der Waals surface area contributed by atoms with E-state index in [0.29, 0.717) is 10.0 Å². The average Bonchev–Trinajstić information content (AvgIpc) is 3.05. The Morgan fingerprint density at radius 3 is 2.72 bits per heavy atom. The normalized spacial score (nSPS) is 16.2. The predicted molar refractivity (Wildman–Crippen MR) is 116 cm³/mol. The Labute approximate surface area is 179 Å². The third kappa shape index (κ3) is 3.35. The zero-order valence-corrected chi connectivity index (χ0v) is 17.2. The van der Waals surface area contributed by atoms with E-state index in [1.807, 2.05) is 53.4 Å². The fraction of sp³-hybridized carbons (Fsp3) is 0.167. The summed E-state index contributed by atoms with van der Waals surface area (Å²) in [7, 11) is 0. The van der Waals surface area contributed by atoms with Gasteiger partial charge in [0.2, 0.25) is 0 Å². The molecule has 0 fully saturated rings. The van der Waals surface area contributed by atoms with Crippen LogP contribution in [-0.4, -0.2) is 10.4 Å². The molecule has 3 nitrogen and oxygen atoms in total. The number of carbonyl (C=O) groups excluding carboxylic acids is 1. The molecule has 29 heavy (non-hydrogen) atoms. The minimum Gasteiger partial charge on any atom is -0.335 e. The molecule has 2 aromatic heterocycles. The molecule has 1 aliphatic rings. The summed E-state index contributed by atoms with van der Waals surface area (Å²) in [4.78, 5) is 13.2.